The van der Waals surface area contributed by atoms with Crippen molar-refractivity contribution in [3.8, 4) is 0 Å². The van der Waals surface area contributed by atoms with Crippen molar-refractivity contribution in [3.05, 3.63) is 52.4 Å². The van der Waals surface area contributed by atoms with E-state index in [2.05, 4.69) is 41.2 Å². The lowest BCUT2D eigenvalue weighted by Crippen LogP contribution is -2.57. The highest BCUT2D eigenvalue weighted by Gasteiger charge is 2.38. The molecule has 1 aromatic heterocycles. The van der Waals surface area contributed by atoms with Crippen molar-refractivity contribution in [1.82, 2.24) is 15.3 Å². The first-order valence-electron chi connectivity index (χ1n) is 9.76. The van der Waals surface area contributed by atoms with E-state index in [1.54, 1.807) is 6.33 Å². The van der Waals surface area contributed by atoms with Crippen LogP contribution in [0.1, 0.15) is 55.5 Å². The second-order valence-electron chi connectivity index (χ2n) is 7.50. The molecule has 142 valence electrons. The number of anilines is 1. The van der Waals surface area contributed by atoms with Crippen molar-refractivity contribution in [2.24, 2.45) is 0 Å². The maximum absolute atomic E-state index is 8.73. The topological polar surface area (TPSA) is 64.9 Å². The van der Waals surface area contributed by atoms with Gasteiger partial charge in [-0.15, -0.1) is 0 Å². The number of nitrogens with one attached hydrogen (secondary N) is 2. The fourth-order valence-corrected chi connectivity index (χ4v) is 4.56. The van der Waals surface area contributed by atoms with Crippen LogP contribution in [-0.4, -0.2) is 34.8 Å². The molecule has 1 aliphatic carbocycles. The van der Waals surface area contributed by atoms with Gasteiger partial charge in [-0.3, -0.25) is 0 Å². The predicted octanol–water partition coefficient (Wildman–Crippen LogP) is 4.13. The van der Waals surface area contributed by atoms with Crippen molar-refractivity contribution in [3.63, 3.8) is 0 Å². The van der Waals surface area contributed by atoms with Crippen LogP contribution in [0.2, 0.25) is 5.02 Å². The van der Waals surface area contributed by atoms with Crippen LogP contribution in [0.15, 0.2) is 30.6 Å². The van der Waals surface area contributed by atoms with Gasteiger partial charge in [0.2, 0.25) is 0 Å². The Morgan fingerprint density at radius 2 is 2.07 bits per heavy atom. The summed E-state index contributed by atoms with van der Waals surface area (Å²) in [5.74, 6) is 1.49. The molecule has 2 unspecified atom stereocenters. The molecule has 1 saturated heterocycles. The Labute approximate surface area is 165 Å². The lowest BCUT2D eigenvalue weighted by molar-refractivity contribution is 0.423. The number of aryl methyl sites for hydroxylation is 1. The molecule has 1 aromatic carbocycles. The van der Waals surface area contributed by atoms with Crippen LogP contribution < -0.4 is 10.2 Å². The second kappa shape index (κ2) is 7.56. The number of halogens is 1. The summed E-state index contributed by atoms with van der Waals surface area (Å²) in [5, 5.41) is 13.1. The SMILES string of the molecule is CCC(=N)C1C(c2ccc(Cl)cc2)NCCN1c1ncnc2c1[C@H](C)CC2. The Balaban J connectivity index is 1.77. The average molecular weight is 384 g/mol. The molecular weight excluding hydrogens is 358 g/mol. The van der Waals surface area contributed by atoms with E-state index in [1.165, 1.54) is 11.3 Å². The largest absolute Gasteiger partial charge is 0.345 e. The molecular formula is C21H26ClN5. The van der Waals surface area contributed by atoms with E-state index in [-0.39, 0.29) is 12.1 Å². The lowest BCUT2D eigenvalue weighted by atomic mass is 9.90. The van der Waals surface area contributed by atoms with E-state index in [9.17, 15) is 0 Å². The Hall–Kier alpha value is -1.98. The summed E-state index contributed by atoms with van der Waals surface area (Å²) in [4.78, 5) is 11.6. The van der Waals surface area contributed by atoms with Crippen molar-refractivity contribution >= 4 is 23.1 Å². The highest BCUT2D eigenvalue weighted by Crippen LogP contribution is 2.39. The first-order valence-corrected chi connectivity index (χ1v) is 10.1. The molecule has 0 amide bonds. The average Bonchev–Trinajstić information content (AvgIpc) is 3.08. The number of benzene rings is 1. The third kappa shape index (κ3) is 3.34. The molecule has 3 atom stereocenters. The summed E-state index contributed by atoms with van der Waals surface area (Å²) in [6, 6.07) is 7.96. The second-order valence-corrected chi connectivity index (χ2v) is 7.93. The lowest BCUT2D eigenvalue weighted by Gasteiger charge is -2.44. The van der Waals surface area contributed by atoms with Crippen molar-refractivity contribution in [2.45, 2.75) is 51.1 Å². The highest BCUT2D eigenvalue weighted by atomic mass is 35.5. The number of aromatic nitrogens is 2. The Kier molecular flexibility index (Phi) is 5.15. The van der Waals surface area contributed by atoms with Crippen LogP contribution in [-0.2, 0) is 6.42 Å². The van der Waals surface area contributed by atoms with E-state index >= 15 is 0 Å². The smallest absolute Gasteiger partial charge is 0.136 e. The zero-order valence-corrected chi connectivity index (χ0v) is 16.6. The number of fused-ring (bicyclic) bond motifs is 1. The van der Waals surface area contributed by atoms with Gasteiger partial charge >= 0.3 is 0 Å². The van der Waals surface area contributed by atoms with Gasteiger partial charge in [0.05, 0.1) is 12.1 Å². The fraction of sp³-hybridized carbons (Fsp3) is 0.476. The van der Waals surface area contributed by atoms with Crippen molar-refractivity contribution in [1.29, 1.82) is 5.41 Å². The van der Waals surface area contributed by atoms with E-state index in [0.29, 0.717) is 5.92 Å². The molecule has 2 heterocycles. The maximum atomic E-state index is 8.73. The van der Waals surface area contributed by atoms with Crippen molar-refractivity contribution in [2.75, 3.05) is 18.0 Å². The van der Waals surface area contributed by atoms with Gasteiger partial charge in [0, 0.05) is 35.1 Å². The van der Waals surface area contributed by atoms with Crippen molar-refractivity contribution < 1.29 is 0 Å². The number of hydrogen-bond donors (Lipinski definition) is 2. The standard InChI is InChI=1S/C21H26ClN5/c1-3-16(23)20-19(14-5-7-15(22)8-6-14)24-10-11-27(20)21-18-13(2)4-9-17(18)25-12-26-21/h5-8,12-13,19-20,23-24H,3-4,9-11H2,1-2H3/t13-,19?,20?/m1/s1. The minimum atomic E-state index is -0.0586. The van der Waals surface area contributed by atoms with Gasteiger partial charge in [-0.2, -0.15) is 0 Å². The quantitative estimate of drug-likeness (QED) is 0.779. The van der Waals surface area contributed by atoms with Crippen LogP contribution >= 0.6 is 11.6 Å². The minimum absolute atomic E-state index is 0.0470. The highest BCUT2D eigenvalue weighted by molar-refractivity contribution is 6.30. The normalized spacial score (nSPS) is 24.7. The summed E-state index contributed by atoms with van der Waals surface area (Å²) >= 11 is 6.09. The molecule has 5 nitrogen and oxygen atoms in total. The summed E-state index contributed by atoms with van der Waals surface area (Å²) < 4.78 is 0. The van der Waals surface area contributed by atoms with E-state index in [0.717, 1.165) is 54.5 Å². The molecule has 6 heteroatoms. The molecule has 0 spiro atoms. The fourth-order valence-electron chi connectivity index (χ4n) is 4.43. The first kappa shape index (κ1) is 18.4. The number of piperazine rings is 1. The molecule has 1 aliphatic heterocycles. The first-order chi connectivity index (χ1) is 13.1. The van der Waals surface area contributed by atoms with Gasteiger partial charge in [0.15, 0.2) is 0 Å². The van der Waals surface area contributed by atoms with Crippen LogP contribution in [0, 0.1) is 5.41 Å². The molecule has 0 saturated carbocycles. The molecule has 2 N–H and O–H groups in total. The number of rotatable bonds is 4. The van der Waals surface area contributed by atoms with Gasteiger partial charge in [-0.05, 0) is 42.9 Å². The summed E-state index contributed by atoms with van der Waals surface area (Å²) in [5.41, 5.74) is 4.34. The van der Waals surface area contributed by atoms with E-state index in [1.807, 2.05) is 12.1 Å². The zero-order valence-electron chi connectivity index (χ0n) is 15.9. The zero-order chi connectivity index (χ0) is 19.0. The molecule has 0 radical (unpaired) electrons. The van der Waals surface area contributed by atoms with Gasteiger partial charge in [-0.25, -0.2) is 9.97 Å². The van der Waals surface area contributed by atoms with Gasteiger partial charge in [0.25, 0.3) is 0 Å². The summed E-state index contributed by atoms with van der Waals surface area (Å²) in [6.07, 6.45) is 4.56. The molecule has 2 aromatic rings. The Morgan fingerprint density at radius 3 is 2.81 bits per heavy atom. The summed E-state index contributed by atoms with van der Waals surface area (Å²) in [6.45, 7) is 6.01. The van der Waals surface area contributed by atoms with E-state index in [4.69, 9.17) is 22.0 Å². The molecule has 4 rings (SSSR count). The third-order valence-corrected chi connectivity index (χ3v) is 6.11. The third-order valence-electron chi connectivity index (χ3n) is 5.86. The number of nitrogens with zero attached hydrogens (tertiary/aromatic N) is 3. The van der Waals surface area contributed by atoms with Crippen LogP contribution in [0.4, 0.5) is 5.82 Å². The monoisotopic (exact) mass is 383 g/mol. The molecule has 0 bridgehead atoms. The van der Waals surface area contributed by atoms with Gasteiger partial charge in [-0.1, -0.05) is 37.6 Å². The van der Waals surface area contributed by atoms with Crippen LogP contribution in [0.25, 0.3) is 0 Å². The van der Waals surface area contributed by atoms with Crippen LogP contribution in [0.3, 0.4) is 0 Å². The van der Waals surface area contributed by atoms with Gasteiger partial charge in [0.1, 0.15) is 12.1 Å². The molecule has 1 fully saturated rings. The molecule has 27 heavy (non-hydrogen) atoms. The Morgan fingerprint density at radius 1 is 1.30 bits per heavy atom. The molecule has 2 aliphatic rings. The van der Waals surface area contributed by atoms with Gasteiger partial charge < -0.3 is 15.6 Å². The maximum Gasteiger partial charge on any atom is 0.136 e. The minimum Gasteiger partial charge on any atom is -0.345 e. The number of hydrogen-bond acceptors (Lipinski definition) is 5. The predicted molar refractivity (Wildman–Crippen MR) is 110 cm³/mol. The van der Waals surface area contributed by atoms with E-state index < -0.39 is 0 Å². The van der Waals surface area contributed by atoms with Crippen LogP contribution in [0.5, 0.6) is 0 Å². The summed E-state index contributed by atoms with van der Waals surface area (Å²) in [7, 11) is 0. The Bertz CT molecular complexity index is 835.